The van der Waals surface area contributed by atoms with E-state index in [-0.39, 0.29) is 0 Å². The highest BCUT2D eigenvalue weighted by Gasteiger charge is 2.13. The van der Waals surface area contributed by atoms with Gasteiger partial charge in [0.25, 0.3) is 0 Å². The summed E-state index contributed by atoms with van der Waals surface area (Å²) in [5.41, 5.74) is 2.07. The van der Waals surface area contributed by atoms with Gasteiger partial charge >= 0.3 is 0 Å². The van der Waals surface area contributed by atoms with E-state index in [1.54, 1.807) is 0 Å². The summed E-state index contributed by atoms with van der Waals surface area (Å²) in [5, 5.41) is 4.52. The summed E-state index contributed by atoms with van der Waals surface area (Å²) in [6.45, 7) is 8.69. The van der Waals surface area contributed by atoms with Crippen LogP contribution in [0.3, 0.4) is 0 Å². The molecule has 0 saturated carbocycles. The maximum atomic E-state index is 5.94. The van der Waals surface area contributed by atoms with Gasteiger partial charge in [0.15, 0.2) is 11.3 Å². The van der Waals surface area contributed by atoms with Gasteiger partial charge in [-0.1, -0.05) is 19.1 Å². The first-order chi connectivity index (χ1) is 8.77. The number of nitrogens with one attached hydrogen (secondary N) is 1. The molecule has 0 saturated heterocycles. The number of para-hydroxylation sites is 1. The predicted molar refractivity (Wildman–Crippen MR) is 74.1 cm³/mol. The fraction of sp³-hybridized carbons (Fsp3) is 0.467. The van der Waals surface area contributed by atoms with Gasteiger partial charge in [0, 0.05) is 5.39 Å². The minimum atomic E-state index is 0.655. The van der Waals surface area contributed by atoms with Gasteiger partial charge < -0.3 is 14.5 Å². The molecule has 3 heteroatoms. The Bertz CT molecular complexity index is 516. The van der Waals surface area contributed by atoms with Crippen molar-refractivity contribution in [3.63, 3.8) is 0 Å². The molecule has 0 aliphatic heterocycles. The number of rotatable bonds is 6. The second kappa shape index (κ2) is 5.91. The monoisotopic (exact) mass is 247 g/mol. The normalized spacial score (nSPS) is 11.1. The molecule has 0 aliphatic carbocycles. The summed E-state index contributed by atoms with van der Waals surface area (Å²) in [6, 6.07) is 6.05. The molecule has 1 heterocycles. The highest BCUT2D eigenvalue weighted by molar-refractivity contribution is 5.87. The lowest BCUT2D eigenvalue weighted by molar-refractivity contribution is 0.337. The lowest BCUT2D eigenvalue weighted by atomic mass is 10.1. The molecule has 0 spiro atoms. The Kier molecular flexibility index (Phi) is 4.26. The van der Waals surface area contributed by atoms with E-state index in [1.807, 2.05) is 19.1 Å². The molecule has 3 nitrogen and oxygen atoms in total. The van der Waals surface area contributed by atoms with Crippen LogP contribution in [0, 0.1) is 6.92 Å². The topological polar surface area (TPSA) is 34.4 Å². The minimum absolute atomic E-state index is 0.655. The molecular weight excluding hydrogens is 226 g/mol. The molecule has 0 radical (unpaired) electrons. The van der Waals surface area contributed by atoms with Crippen molar-refractivity contribution in [2.75, 3.05) is 13.2 Å². The molecule has 0 bridgehead atoms. The zero-order valence-electron chi connectivity index (χ0n) is 11.4. The third-order valence-corrected chi connectivity index (χ3v) is 3.04. The fourth-order valence-corrected chi connectivity index (χ4v) is 2.08. The second-order valence-electron chi connectivity index (χ2n) is 4.39. The Balaban J connectivity index is 2.32. The van der Waals surface area contributed by atoms with Crippen molar-refractivity contribution < 1.29 is 9.15 Å². The van der Waals surface area contributed by atoms with Gasteiger partial charge in [-0.2, -0.15) is 0 Å². The molecule has 1 aromatic carbocycles. The van der Waals surface area contributed by atoms with Crippen LogP contribution in [-0.4, -0.2) is 13.2 Å². The van der Waals surface area contributed by atoms with Crippen LogP contribution in [0.1, 0.15) is 31.6 Å². The zero-order valence-corrected chi connectivity index (χ0v) is 11.4. The van der Waals surface area contributed by atoms with Crippen molar-refractivity contribution >= 4 is 11.0 Å². The lowest BCUT2D eigenvalue weighted by Crippen LogP contribution is -2.13. The molecular formula is C15H21NO2. The van der Waals surface area contributed by atoms with Gasteiger partial charge in [0.1, 0.15) is 5.76 Å². The van der Waals surface area contributed by atoms with Gasteiger partial charge in [-0.3, -0.25) is 0 Å². The Morgan fingerprint density at radius 3 is 2.83 bits per heavy atom. The summed E-state index contributed by atoms with van der Waals surface area (Å²) < 4.78 is 11.5. The molecule has 0 fully saturated rings. The SMILES string of the molecule is CCCNCc1oc2c(OCC)cccc2c1C. The Morgan fingerprint density at radius 1 is 1.28 bits per heavy atom. The van der Waals surface area contributed by atoms with Crippen LogP contribution in [0.15, 0.2) is 22.6 Å². The van der Waals surface area contributed by atoms with Crippen LogP contribution in [0.4, 0.5) is 0 Å². The summed E-state index contributed by atoms with van der Waals surface area (Å²) in [5.74, 6) is 1.84. The number of ether oxygens (including phenoxy) is 1. The predicted octanol–water partition coefficient (Wildman–Crippen LogP) is 3.64. The average molecular weight is 247 g/mol. The first-order valence-corrected chi connectivity index (χ1v) is 6.62. The van der Waals surface area contributed by atoms with E-state index in [2.05, 4.69) is 25.2 Å². The quantitative estimate of drug-likeness (QED) is 0.791. The summed E-state index contributed by atoms with van der Waals surface area (Å²) in [4.78, 5) is 0. The Hall–Kier alpha value is -1.48. The summed E-state index contributed by atoms with van der Waals surface area (Å²) in [7, 11) is 0. The van der Waals surface area contributed by atoms with Crippen molar-refractivity contribution in [2.45, 2.75) is 33.7 Å². The Morgan fingerprint density at radius 2 is 2.11 bits per heavy atom. The van der Waals surface area contributed by atoms with E-state index in [4.69, 9.17) is 9.15 Å². The third-order valence-electron chi connectivity index (χ3n) is 3.04. The van der Waals surface area contributed by atoms with Gasteiger partial charge in [0.2, 0.25) is 0 Å². The average Bonchev–Trinajstić information content (AvgIpc) is 2.69. The van der Waals surface area contributed by atoms with Crippen molar-refractivity contribution in [1.82, 2.24) is 5.32 Å². The smallest absolute Gasteiger partial charge is 0.176 e. The number of aryl methyl sites for hydroxylation is 1. The van der Waals surface area contributed by atoms with Gasteiger partial charge in [0.05, 0.1) is 13.2 Å². The van der Waals surface area contributed by atoms with Crippen molar-refractivity contribution in [1.29, 1.82) is 0 Å². The zero-order chi connectivity index (χ0) is 13.0. The molecule has 2 aromatic rings. The Labute approximate surface area is 108 Å². The number of hydrogen-bond acceptors (Lipinski definition) is 3. The largest absolute Gasteiger partial charge is 0.490 e. The van der Waals surface area contributed by atoms with E-state index >= 15 is 0 Å². The highest BCUT2D eigenvalue weighted by atomic mass is 16.5. The fourth-order valence-electron chi connectivity index (χ4n) is 2.08. The van der Waals surface area contributed by atoms with E-state index in [0.717, 1.165) is 42.0 Å². The van der Waals surface area contributed by atoms with Crippen molar-refractivity contribution in [3.8, 4) is 5.75 Å². The molecule has 2 rings (SSSR count). The molecule has 98 valence electrons. The van der Waals surface area contributed by atoms with Crippen LogP contribution in [0.5, 0.6) is 5.75 Å². The van der Waals surface area contributed by atoms with E-state index in [1.165, 1.54) is 5.56 Å². The van der Waals surface area contributed by atoms with Crippen LogP contribution in [-0.2, 0) is 6.54 Å². The van der Waals surface area contributed by atoms with Gasteiger partial charge in [-0.05, 0) is 38.4 Å². The second-order valence-corrected chi connectivity index (χ2v) is 4.39. The van der Waals surface area contributed by atoms with E-state index in [0.29, 0.717) is 6.61 Å². The molecule has 0 unspecified atom stereocenters. The molecule has 0 amide bonds. The van der Waals surface area contributed by atoms with Crippen molar-refractivity contribution in [3.05, 3.63) is 29.5 Å². The van der Waals surface area contributed by atoms with Crippen LogP contribution in [0.2, 0.25) is 0 Å². The molecule has 1 N–H and O–H groups in total. The molecule has 1 aromatic heterocycles. The molecule has 18 heavy (non-hydrogen) atoms. The van der Waals surface area contributed by atoms with E-state index in [9.17, 15) is 0 Å². The number of hydrogen-bond donors (Lipinski definition) is 1. The van der Waals surface area contributed by atoms with E-state index < -0.39 is 0 Å². The standard InChI is InChI=1S/C15H21NO2/c1-4-9-16-10-14-11(3)12-7-6-8-13(17-5-2)15(12)18-14/h6-8,16H,4-5,9-10H2,1-3H3. The maximum absolute atomic E-state index is 5.94. The van der Waals surface area contributed by atoms with Gasteiger partial charge in [-0.15, -0.1) is 0 Å². The lowest BCUT2D eigenvalue weighted by Gasteiger charge is -2.02. The number of benzene rings is 1. The van der Waals surface area contributed by atoms with Crippen LogP contribution < -0.4 is 10.1 Å². The molecule has 0 aliphatic rings. The van der Waals surface area contributed by atoms with Crippen LogP contribution in [0.25, 0.3) is 11.0 Å². The number of furan rings is 1. The first kappa shape index (κ1) is 13.0. The number of fused-ring (bicyclic) bond motifs is 1. The minimum Gasteiger partial charge on any atom is -0.490 e. The van der Waals surface area contributed by atoms with Crippen LogP contribution >= 0.6 is 0 Å². The third kappa shape index (κ3) is 2.51. The maximum Gasteiger partial charge on any atom is 0.176 e. The molecule has 0 atom stereocenters. The summed E-state index contributed by atoms with van der Waals surface area (Å²) >= 11 is 0. The first-order valence-electron chi connectivity index (χ1n) is 6.62. The highest BCUT2D eigenvalue weighted by Crippen LogP contribution is 2.32. The van der Waals surface area contributed by atoms with Gasteiger partial charge in [-0.25, -0.2) is 0 Å². The summed E-state index contributed by atoms with van der Waals surface area (Å²) in [6.07, 6.45) is 1.13. The van der Waals surface area contributed by atoms with Crippen molar-refractivity contribution in [2.24, 2.45) is 0 Å².